The van der Waals surface area contributed by atoms with Gasteiger partial charge >= 0.3 is 0 Å². The Balaban J connectivity index is 1.25. The summed E-state index contributed by atoms with van der Waals surface area (Å²) in [6, 6.07) is 5.52. The van der Waals surface area contributed by atoms with Crippen LogP contribution in [0.5, 0.6) is 11.5 Å². The first kappa shape index (κ1) is 19.4. The zero-order chi connectivity index (χ0) is 20.9. The van der Waals surface area contributed by atoms with E-state index < -0.39 is 0 Å². The first-order chi connectivity index (χ1) is 14.4. The summed E-state index contributed by atoms with van der Waals surface area (Å²) in [5.74, 6) is 1.61. The van der Waals surface area contributed by atoms with Gasteiger partial charge < -0.3 is 14.4 Å². The van der Waals surface area contributed by atoms with Gasteiger partial charge in [-0.1, -0.05) is 32.1 Å². The lowest BCUT2D eigenvalue weighted by Crippen LogP contribution is -2.36. The van der Waals surface area contributed by atoms with E-state index in [-0.39, 0.29) is 17.1 Å². The molecule has 0 saturated carbocycles. The molecule has 158 valence electrons. The van der Waals surface area contributed by atoms with E-state index in [2.05, 4.69) is 25.7 Å². The van der Waals surface area contributed by atoms with Crippen LogP contribution >= 0.6 is 11.3 Å². The summed E-state index contributed by atoms with van der Waals surface area (Å²) in [6.07, 6.45) is 3.66. The van der Waals surface area contributed by atoms with Crippen molar-refractivity contribution < 1.29 is 14.3 Å². The average molecular weight is 427 g/mol. The second-order valence-electron chi connectivity index (χ2n) is 8.97. The molecule has 2 aromatic heterocycles. The molecule has 1 saturated heterocycles. The van der Waals surface area contributed by atoms with E-state index in [1.807, 2.05) is 28.9 Å². The molecule has 0 aliphatic carbocycles. The number of rotatable bonds is 3. The largest absolute Gasteiger partial charge is 0.486 e. The van der Waals surface area contributed by atoms with Crippen molar-refractivity contribution in [1.29, 1.82) is 0 Å². The number of piperidine rings is 1. The normalized spacial score (nSPS) is 17.5. The number of aromatic nitrogens is 3. The van der Waals surface area contributed by atoms with Crippen LogP contribution < -0.4 is 14.4 Å². The molecule has 0 bridgehead atoms. The number of Topliss-reactive ketones (excluding diaryl/α,β-unsaturated/α-hetero) is 1. The number of benzene rings is 1. The Morgan fingerprint density at radius 2 is 1.87 bits per heavy atom. The Morgan fingerprint density at radius 3 is 2.57 bits per heavy atom. The maximum atomic E-state index is 13.0. The number of hydrogen-bond acceptors (Lipinski definition) is 7. The highest BCUT2D eigenvalue weighted by atomic mass is 32.1. The summed E-state index contributed by atoms with van der Waals surface area (Å²) in [5.41, 5.74) is 1.77. The van der Waals surface area contributed by atoms with Gasteiger partial charge in [0.1, 0.15) is 13.2 Å². The number of nitrogens with zero attached hydrogens (tertiary/aromatic N) is 4. The molecule has 0 atom stereocenters. The fourth-order valence-electron chi connectivity index (χ4n) is 3.94. The van der Waals surface area contributed by atoms with Gasteiger partial charge in [-0.15, -0.1) is 5.10 Å². The van der Waals surface area contributed by atoms with E-state index >= 15 is 0 Å². The number of imidazole rings is 1. The molecular formula is C22H26N4O3S. The van der Waals surface area contributed by atoms with E-state index in [9.17, 15) is 4.79 Å². The van der Waals surface area contributed by atoms with Crippen LogP contribution in [0.15, 0.2) is 24.4 Å². The maximum Gasteiger partial charge on any atom is 0.214 e. The van der Waals surface area contributed by atoms with Crippen LogP contribution in [0.4, 0.5) is 5.13 Å². The number of carbonyl (C=O) groups excluding carboxylic acids is 1. The van der Waals surface area contributed by atoms with Crippen molar-refractivity contribution in [3.63, 3.8) is 0 Å². The molecule has 5 rings (SSSR count). The van der Waals surface area contributed by atoms with Crippen LogP contribution in [0.1, 0.15) is 49.7 Å². The molecule has 0 radical (unpaired) electrons. The monoisotopic (exact) mass is 426 g/mol. The molecule has 2 aliphatic rings. The minimum absolute atomic E-state index is 0.0140. The molecule has 4 heterocycles. The van der Waals surface area contributed by atoms with Crippen LogP contribution in [-0.2, 0) is 5.41 Å². The van der Waals surface area contributed by atoms with E-state index in [1.54, 1.807) is 11.3 Å². The highest BCUT2D eigenvalue weighted by molar-refractivity contribution is 7.20. The molecule has 8 heteroatoms. The van der Waals surface area contributed by atoms with E-state index in [1.165, 1.54) is 0 Å². The molecule has 0 spiro atoms. The van der Waals surface area contributed by atoms with E-state index in [4.69, 9.17) is 19.6 Å². The van der Waals surface area contributed by atoms with Crippen molar-refractivity contribution >= 4 is 27.2 Å². The summed E-state index contributed by atoms with van der Waals surface area (Å²) in [5, 5.41) is 5.71. The standard InChI is InChI=1S/C22H26N4O3S/c1-22(2,3)18-13-26-20(23-18)30-21(24-26)25-8-6-14(7-9-25)19(27)15-4-5-16-17(12-15)29-11-10-28-16/h4-5,12-14H,6-11H2,1-3H3. The van der Waals surface area contributed by atoms with Crippen molar-refractivity contribution in [2.45, 2.75) is 39.0 Å². The summed E-state index contributed by atoms with van der Waals surface area (Å²) in [6.45, 7) is 9.19. The van der Waals surface area contributed by atoms with Gasteiger partial charge in [-0.2, -0.15) is 0 Å². The van der Waals surface area contributed by atoms with Crippen LogP contribution in [0, 0.1) is 5.92 Å². The molecule has 30 heavy (non-hydrogen) atoms. The van der Waals surface area contributed by atoms with Gasteiger partial charge in [-0.25, -0.2) is 9.50 Å². The SMILES string of the molecule is CC(C)(C)c1cn2nc(N3CCC(C(=O)c4ccc5c(c4)OCCO5)CC3)sc2n1. The fraction of sp³-hybridized carbons (Fsp3) is 0.500. The van der Waals surface area contributed by atoms with Crippen molar-refractivity contribution in [3.05, 3.63) is 35.7 Å². The Morgan fingerprint density at radius 1 is 1.13 bits per heavy atom. The summed E-state index contributed by atoms with van der Waals surface area (Å²) < 4.78 is 13.1. The molecule has 7 nitrogen and oxygen atoms in total. The summed E-state index contributed by atoms with van der Waals surface area (Å²) >= 11 is 1.61. The predicted molar refractivity (Wildman–Crippen MR) is 116 cm³/mol. The highest BCUT2D eigenvalue weighted by Crippen LogP contribution is 2.34. The molecule has 1 aromatic carbocycles. The first-order valence-corrected chi connectivity index (χ1v) is 11.3. The third-order valence-corrected chi connectivity index (χ3v) is 6.75. The third-order valence-electron chi connectivity index (χ3n) is 5.76. The molecule has 3 aromatic rings. The lowest BCUT2D eigenvalue weighted by molar-refractivity contribution is 0.0899. The molecule has 0 N–H and O–H groups in total. The number of anilines is 1. The van der Waals surface area contributed by atoms with Gasteiger partial charge in [-0.05, 0) is 31.0 Å². The van der Waals surface area contributed by atoms with Crippen LogP contribution in [0.2, 0.25) is 0 Å². The topological polar surface area (TPSA) is 69.0 Å². The van der Waals surface area contributed by atoms with Gasteiger partial charge in [0.2, 0.25) is 10.1 Å². The zero-order valence-electron chi connectivity index (χ0n) is 17.6. The second-order valence-corrected chi connectivity index (χ2v) is 9.91. The molecule has 2 aliphatic heterocycles. The third kappa shape index (κ3) is 3.53. The Kier molecular flexibility index (Phi) is 4.69. The zero-order valence-corrected chi connectivity index (χ0v) is 18.4. The lowest BCUT2D eigenvalue weighted by Gasteiger charge is -2.30. The minimum atomic E-state index is 0.0140. The summed E-state index contributed by atoms with van der Waals surface area (Å²) in [4.78, 5) is 20.9. The van der Waals surface area contributed by atoms with Gasteiger partial charge in [0.25, 0.3) is 0 Å². The number of fused-ring (bicyclic) bond motifs is 2. The van der Waals surface area contributed by atoms with Crippen LogP contribution in [0.3, 0.4) is 0 Å². The maximum absolute atomic E-state index is 13.0. The van der Waals surface area contributed by atoms with Crippen molar-refractivity contribution in [2.24, 2.45) is 5.92 Å². The lowest BCUT2D eigenvalue weighted by atomic mass is 9.89. The van der Waals surface area contributed by atoms with Crippen molar-refractivity contribution in [2.75, 3.05) is 31.2 Å². The fourth-order valence-corrected chi connectivity index (χ4v) is 4.88. The average Bonchev–Trinajstić information content (AvgIpc) is 3.32. The van der Waals surface area contributed by atoms with Crippen LogP contribution in [0.25, 0.3) is 4.96 Å². The van der Waals surface area contributed by atoms with Crippen molar-refractivity contribution in [3.8, 4) is 11.5 Å². The van der Waals surface area contributed by atoms with E-state index in [0.717, 1.165) is 47.5 Å². The van der Waals surface area contributed by atoms with Gasteiger partial charge in [0, 0.05) is 30.0 Å². The molecule has 1 fully saturated rings. The molecule has 0 unspecified atom stereocenters. The van der Waals surface area contributed by atoms with Gasteiger partial charge in [-0.3, -0.25) is 4.79 Å². The molecular weight excluding hydrogens is 400 g/mol. The van der Waals surface area contributed by atoms with E-state index in [0.29, 0.717) is 24.5 Å². The number of ketones is 1. The molecule has 0 amide bonds. The van der Waals surface area contributed by atoms with Gasteiger partial charge in [0.15, 0.2) is 17.3 Å². The minimum Gasteiger partial charge on any atom is -0.486 e. The summed E-state index contributed by atoms with van der Waals surface area (Å²) in [7, 11) is 0. The number of hydrogen-bond donors (Lipinski definition) is 0. The first-order valence-electron chi connectivity index (χ1n) is 10.4. The predicted octanol–water partition coefficient (Wildman–Crippen LogP) is 3.96. The highest BCUT2D eigenvalue weighted by Gasteiger charge is 2.29. The van der Waals surface area contributed by atoms with Gasteiger partial charge in [0.05, 0.1) is 11.9 Å². The Bertz CT molecular complexity index is 1060. The Hall–Kier alpha value is -2.61. The Labute approximate surface area is 179 Å². The smallest absolute Gasteiger partial charge is 0.214 e. The van der Waals surface area contributed by atoms with Crippen LogP contribution in [-0.4, -0.2) is 46.7 Å². The number of carbonyl (C=O) groups is 1. The quantitative estimate of drug-likeness (QED) is 0.591. The second kappa shape index (κ2) is 7.27. The van der Waals surface area contributed by atoms with Crippen molar-refractivity contribution in [1.82, 2.24) is 14.6 Å². The number of ether oxygens (including phenoxy) is 2.